The van der Waals surface area contributed by atoms with Crippen LogP contribution in [0.5, 0.6) is 0 Å². The molecule has 1 aromatic heterocycles. The molecule has 2 aromatic rings. The highest BCUT2D eigenvalue weighted by Crippen LogP contribution is 2.23. The second-order valence-electron chi connectivity index (χ2n) is 4.06. The fourth-order valence-electron chi connectivity index (χ4n) is 1.68. The van der Waals surface area contributed by atoms with E-state index >= 15 is 0 Å². The smallest absolute Gasteiger partial charge is 0.135 e. The van der Waals surface area contributed by atoms with Gasteiger partial charge in [0, 0.05) is 11.9 Å². The van der Waals surface area contributed by atoms with E-state index in [9.17, 15) is 5.11 Å². The summed E-state index contributed by atoms with van der Waals surface area (Å²) in [5.74, 6) is 0.640. The highest BCUT2D eigenvalue weighted by atomic mass is 16.4. The number of rotatable bonds is 4. The zero-order valence-electron chi connectivity index (χ0n) is 9.68. The van der Waals surface area contributed by atoms with Crippen LogP contribution in [0.2, 0.25) is 0 Å². The van der Waals surface area contributed by atoms with E-state index in [1.807, 2.05) is 37.4 Å². The third kappa shape index (κ3) is 2.26. The first kappa shape index (κ1) is 11.2. The van der Waals surface area contributed by atoms with Gasteiger partial charge in [-0.3, -0.25) is 0 Å². The Morgan fingerprint density at radius 1 is 1.38 bits per heavy atom. The molecule has 1 aromatic carbocycles. The number of benzene rings is 1. The summed E-state index contributed by atoms with van der Waals surface area (Å²) in [5, 5.41) is 11.0. The van der Waals surface area contributed by atoms with Gasteiger partial charge in [0.25, 0.3) is 0 Å². The average molecular weight is 219 g/mol. The van der Waals surface area contributed by atoms with Crippen LogP contribution in [0.3, 0.4) is 0 Å². The van der Waals surface area contributed by atoms with Crippen LogP contribution in [0.1, 0.15) is 18.8 Å². The molecule has 0 amide bonds. The van der Waals surface area contributed by atoms with Crippen molar-refractivity contribution in [3.05, 3.63) is 36.1 Å². The maximum atomic E-state index is 9.99. The molecule has 1 heterocycles. The number of aliphatic hydroxyl groups is 1. The monoisotopic (exact) mass is 219 g/mol. The van der Waals surface area contributed by atoms with Gasteiger partial charge in [-0.05, 0) is 25.7 Å². The molecule has 0 fully saturated rings. The number of furan rings is 1. The van der Waals surface area contributed by atoms with Crippen molar-refractivity contribution in [2.24, 2.45) is 0 Å². The Morgan fingerprint density at radius 2 is 2.12 bits per heavy atom. The van der Waals surface area contributed by atoms with Crippen LogP contribution < -0.4 is 0 Å². The fraction of sp³-hybridized carbons (Fsp3) is 0.385. The van der Waals surface area contributed by atoms with Crippen LogP contribution in [-0.4, -0.2) is 30.1 Å². The molecule has 0 radical (unpaired) electrons. The lowest BCUT2D eigenvalue weighted by Gasteiger charge is -2.16. The molecule has 0 aliphatic carbocycles. The first-order chi connectivity index (χ1) is 7.70. The molecule has 0 spiro atoms. The largest absolute Gasteiger partial charge is 0.458 e. The minimum atomic E-state index is -0.558. The third-order valence-electron chi connectivity index (χ3n) is 2.80. The van der Waals surface area contributed by atoms with Gasteiger partial charge in [0.05, 0.1) is 0 Å². The summed E-state index contributed by atoms with van der Waals surface area (Å²) in [5.41, 5.74) is 0.829. The molecular weight excluding hydrogens is 202 g/mol. The van der Waals surface area contributed by atoms with Crippen LogP contribution in [0.15, 0.2) is 34.7 Å². The predicted octanol–water partition coefficient (Wildman–Crippen LogP) is 2.42. The number of nitrogens with zero attached hydrogens (tertiary/aromatic N) is 1. The minimum absolute atomic E-state index is 0.558. The van der Waals surface area contributed by atoms with Gasteiger partial charge in [0.1, 0.15) is 17.4 Å². The quantitative estimate of drug-likeness (QED) is 0.858. The van der Waals surface area contributed by atoms with Gasteiger partial charge >= 0.3 is 0 Å². The number of aliphatic hydroxyl groups excluding tert-OH is 1. The van der Waals surface area contributed by atoms with Crippen molar-refractivity contribution >= 4 is 11.0 Å². The molecule has 1 unspecified atom stereocenters. The average Bonchev–Trinajstić information content (AvgIpc) is 2.72. The topological polar surface area (TPSA) is 36.6 Å². The van der Waals surface area contributed by atoms with E-state index in [1.54, 1.807) is 0 Å². The number of hydrogen-bond donors (Lipinski definition) is 1. The fourth-order valence-corrected chi connectivity index (χ4v) is 1.68. The van der Waals surface area contributed by atoms with E-state index in [0.717, 1.165) is 17.5 Å². The van der Waals surface area contributed by atoms with E-state index in [4.69, 9.17) is 4.42 Å². The van der Waals surface area contributed by atoms with E-state index in [2.05, 4.69) is 11.8 Å². The van der Waals surface area contributed by atoms with Crippen molar-refractivity contribution in [1.82, 2.24) is 4.90 Å². The Balaban J connectivity index is 2.19. The molecule has 0 aliphatic rings. The second kappa shape index (κ2) is 4.68. The first-order valence-corrected chi connectivity index (χ1v) is 5.55. The Morgan fingerprint density at radius 3 is 2.81 bits per heavy atom. The molecule has 1 N–H and O–H groups in total. The first-order valence-electron chi connectivity index (χ1n) is 5.55. The van der Waals surface area contributed by atoms with Gasteiger partial charge in [-0.1, -0.05) is 25.1 Å². The van der Waals surface area contributed by atoms with Crippen molar-refractivity contribution in [3.8, 4) is 0 Å². The zero-order valence-corrected chi connectivity index (χ0v) is 9.68. The highest BCUT2D eigenvalue weighted by molar-refractivity contribution is 5.77. The lowest BCUT2D eigenvalue weighted by molar-refractivity contribution is 0.110. The van der Waals surface area contributed by atoms with Crippen molar-refractivity contribution in [3.63, 3.8) is 0 Å². The SMILES string of the molecule is CCN(C)CC(O)c1cc2ccccc2o1. The summed E-state index contributed by atoms with van der Waals surface area (Å²) in [6.45, 7) is 3.57. The molecule has 0 bridgehead atoms. The third-order valence-corrected chi connectivity index (χ3v) is 2.80. The molecule has 16 heavy (non-hydrogen) atoms. The number of hydrogen-bond acceptors (Lipinski definition) is 3. The molecule has 0 saturated heterocycles. The molecule has 2 rings (SSSR count). The Kier molecular flexibility index (Phi) is 3.27. The van der Waals surface area contributed by atoms with E-state index in [0.29, 0.717) is 12.3 Å². The number of likely N-dealkylation sites (N-methyl/N-ethyl adjacent to an activating group) is 1. The molecule has 86 valence electrons. The molecule has 1 atom stereocenters. The molecule has 0 saturated carbocycles. The highest BCUT2D eigenvalue weighted by Gasteiger charge is 2.14. The summed E-state index contributed by atoms with van der Waals surface area (Å²) in [6, 6.07) is 9.70. The van der Waals surface area contributed by atoms with E-state index in [1.165, 1.54) is 0 Å². The Labute approximate surface area is 95.3 Å². The van der Waals surface area contributed by atoms with Crippen molar-refractivity contribution in [1.29, 1.82) is 0 Å². The van der Waals surface area contributed by atoms with Gasteiger partial charge in [0.2, 0.25) is 0 Å². The van der Waals surface area contributed by atoms with Crippen LogP contribution >= 0.6 is 0 Å². The van der Waals surface area contributed by atoms with Gasteiger partial charge < -0.3 is 14.4 Å². The number of fused-ring (bicyclic) bond motifs is 1. The summed E-state index contributed by atoms with van der Waals surface area (Å²) >= 11 is 0. The van der Waals surface area contributed by atoms with Crippen LogP contribution in [0.4, 0.5) is 0 Å². The van der Waals surface area contributed by atoms with Gasteiger partial charge in [0.15, 0.2) is 0 Å². The normalized spacial score (nSPS) is 13.5. The Bertz CT molecular complexity index is 431. The maximum Gasteiger partial charge on any atom is 0.135 e. The van der Waals surface area contributed by atoms with Crippen molar-refractivity contribution in [2.75, 3.05) is 20.1 Å². The maximum absolute atomic E-state index is 9.99. The minimum Gasteiger partial charge on any atom is -0.458 e. The summed E-state index contributed by atoms with van der Waals surface area (Å²) in [7, 11) is 1.98. The van der Waals surface area contributed by atoms with Crippen LogP contribution in [0.25, 0.3) is 11.0 Å². The predicted molar refractivity (Wildman–Crippen MR) is 64.3 cm³/mol. The van der Waals surface area contributed by atoms with Crippen molar-refractivity contribution < 1.29 is 9.52 Å². The summed E-state index contributed by atoms with van der Waals surface area (Å²) in [6.07, 6.45) is -0.558. The van der Waals surface area contributed by atoms with Gasteiger partial charge in [-0.25, -0.2) is 0 Å². The van der Waals surface area contributed by atoms with E-state index in [-0.39, 0.29) is 0 Å². The number of para-hydroxylation sites is 1. The van der Waals surface area contributed by atoms with E-state index < -0.39 is 6.10 Å². The summed E-state index contributed by atoms with van der Waals surface area (Å²) in [4.78, 5) is 2.05. The standard InChI is InChI=1S/C13H17NO2/c1-3-14(2)9-11(15)13-8-10-6-4-5-7-12(10)16-13/h4-8,11,15H,3,9H2,1-2H3. The zero-order chi connectivity index (χ0) is 11.5. The van der Waals surface area contributed by atoms with Crippen LogP contribution in [-0.2, 0) is 0 Å². The molecule has 0 aliphatic heterocycles. The van der Waals surface area contributed by atoms with Gasteiger partial charge in [-0.2, -0.15) is 0 Å². The van der Waals surface area contributed by atoms with Crippen LogP contribution in [0, 0.1) is 0 Å². The van der Waals surface area contributed by atoms with Gasteiger partial charge in [-0.15, -0.1) is 0 Å². The molecule has 3 nitrogen and oxygen atoms in total. The molecular formula is C13H17NO2. The molecule has 3 heteroatoms. The Hall–Kier alpha value is -1.32. The summed E-state index contributed by atoms with van der Waals surface area (Å²) < 4.78 is 5.60. The lowest BCUT2D eigenvalue weighted by Crippen LogP contribution is -2.23. The second-order valence-corrected chi connectivity index (χ2v) is 4.06. The lowest BCUT2D eigenvalue weighted by atomic mass is 10.2. The van der Waals surface area contributed by atoms with Crippen molar-refractivity contribution in [2.45, 2.75) is 13.0 Å².